The molecular weight excluding hydrogens is 552 g/mol. The van der Waals surface area contributed by atoms with Crippen molar-refractivity contribution in [3.05, 3.63) is 29.3 Å². The highest BCUT2D eigenvalue weighted by atomic mass is 16.5. The van der Waals surface area contributed by atoms with E-state index in [0.717, 1.165) is 13.1 Å². The molecule has 246 valence electrons. The molecule has 4 aliphatic rings. The van der Waals surface area contributed by atoms with Crippen LogP contribution in [0, 0.1) is 0 Å². The Kier molecular flexibility index (Phi) is 13.3. The standard InChI is InChI=1S/C37H58N2O5/c1-42-35-28-29(36(40)43-26-24-38(30-14-6-2-7-15-30)31-16-8-3-9-17-31)22-23-34(35)37(41)44-27-25-39(32-18-10-4-11-19-32)33-20-12-5-13-21-33/h22-23,28,30-33H,2-21,24-27H2,1H3. The number of hydrogen-bond acceptors (Lipinski definition) is 7. The molecule has 1 aromatic carbocycles. The Morgan fingerprint density at radius 3 is 1.36 bits per heavy atom. The van der Waals surface area contributed by atoms with Gasteiger partial charge in [-0.25, -0.2) is 9.59 Å². The van der Waals surface area contributed by atoms with E-state index in [9.17, 15) is 9.59 Å². The fraction of sp³-hybridized carbons (Fsp3) is 0.784. The van der Waals surface area contributed by atoms with Crippen molar-refractivity contribution in [2.45, 2.75) is 153 Å². The zero-order chi connectivity index (χ0) is 30.6. The van der Waals surface area contributed by atoms with E-state index in [-0.39, 0.29) is 5.97 Å². The van der Waals surface area contributed by atoms with Gasteiger partial charge in [0, 0.05) is 37.3 Å². The molecule has 0 heterocycles. The summed E-state index contributed by atoms with van der Waals surface area (Å²) in [6.07, 6.45) is 25.9. The number of hydrogen-bond donors (Lipinski definition) is 0. The van der Waals surface area contributed by atoms with Crippen molar-refractivity contribution in [2.75, 3.05) is 33.4 Å². The van der Waals surface area contributed by atoms with Gasteiger partial charge in [-0.05, 0) is 69.6 Å². The highest BCUT2D eigenvalue weighted by molar-refractivity contribution is 5.96. The maximum atomic E-state index is 13.1. The lowest BCUT2D eigenvalue weighted by molar-refractivity contribution is 0.0281. The molecule has 44 heavy (non-hydrogen) atoms. The Hall–Kier alpha value is -2.12. The number of carbonyl (C=O) groups excluding carboxylic acids is 2. The third-order valence-electron chi connectivity index (χ3n) is 11.0. The molecule has 0 amide bonds. The highest BCUT2D eigenvalue weighted by Crippen LogP contribution is 2.32. The van der Waals surface area contributed by atoms with Gasteiger partial charge >= 0.3 is 11.9 Å². The fourth-order valence-corrected chi connectivity index (χ4v) is 8.61. The Labute approximate surface area is 266 Å². The van der Waals surface area contributed by atoms with E-state index in [0.29, 0.717) is 54.3 Å². The summed E-state index contributed by atoms with van der Waals surface area (Å²) in [5.74, 6) is -0.414. The minimum atomic E-state index is -0.399. The third-order valence-corrected chi connectivity index (χ3v) is 11.0. The van der Waals surface area contributed by atoms with Crippen molar-refractivity contribution in [3.8, 4) is 5.75 Å². The third kappa shape index (κ3) is 9.22. The molecule has 0 radical (unpaired) electrons. The average molecular weight is 611 g/mol. The molecule has 5 rings (SSSR count). The predicted molar refractivity (Wildman–Crippen MR) is 174 cm³/mol. The van der Waals surface area contributed by atoms with E-state index in [2.05, 4.69) is 9.80 Å². The van der Waals surface area contributed by atoms with Crippen LogP contribution in [0.5, 0.6) is 5.75 Å². The molecule has 0 saturated heterocycles. The molecule has 4 aliphatic carbocycles. The van der Waals surface area contributed by atoms with Gasteiger partial charge in [-0.3, -0.25) is 9.80 Å². The summed E-state index contributed by atoms with van der Waals surface area (Å²) >= 11 is 0. The number of nitrogens with zero attached hydrogens (tertiary/aromatic N) is 2. The SMILES string of the molecule is COc1cc(C(=O)OCCN(C2CCCCC2)C2CCCCC2)ccc1C(=O)OCCN(C1CCCCC1)C1CCCCC1. The van der Waals surface area contributed by atoms with E-state index in [1.54, 1.807) is 18.2 Å². The van der Waals surface area contributed by atoms with E-state index in [1.807, 2.05) is 0 Å². The number of ether oxygens (including phenoxy) is 3. The lowest BCUT2D eigenvalue weighted by Crippen LogP contribution is -2.46. The minimum absolute atomic E-state index is 0.353. The van der Waals surface area contributed by atoms with Crippen molar-refractivity contribution in [3.63, 3.8) is 0 Å². The summed E-state index contributed by atoms with van der Waals surface area (Å²) in [7, 11) is 1.53. The first kappa shape index (κ1) is 33.2. The second-order valence-corrected chi connectivity index (χ2v) is 13.8. The average Bonchev–Trinajstić information content (AvgIpc) is 3.09. The number of benzene rings is 1. The number of rotatable bonds is 13. The topological polar surface area (TPSA) is 68.3 Å². The molecule has 4 saturated carbocycles. The van der Waals surface area contributed by atoms with Crippen LogP contribution in [0.2, 0.25) is 0 Å². The molecule has 0 N–H and O–H groups in total. The summed E-state index contributed by atoms with van der Waals surface area (Å²) in [6, 6.07) is 7.40. The van der Waals surface area contributed by atoms with Crippen LogP contribution < -0.4 is 4.74 Å². The van der Waals surface area contributed by atoms with Crippen molar-refractivity contribution in [1.29, 1.82) is 0 Å². The van der Waals surface area contributed by atoms with Crippen LogP contribution in [0.25, 0.3) is 0 Å². The van der Waals surface area contributed by atoms with Gasteiger partial charge < -0.3 is 14.2 Å². The van der Waals surface area contributed by atoms with Gasteiger partial charge in [-0.1, -0.05) is 77.0 Å². The monoisotopic (exact) mass is 610 g/mol. The summed E-state index contributed by atoms with van der Waals surface area (Å²) < 4.78 is 17.1. The van der Waals surface area contributed by atoms with Gasteiger partial charge in [0.25, 0.3) is 0 Å². The molecule has 7 heteroatoms. The largest absolute Gasteiger partial charge is 0.496 e. The summed E-state index contributed by atoms with van der Waals surface area (Å²) in [4.78, 5) is 31.5. The zero-order valence-electron chi connectivity index (χ0n) is 27.4. The van der Waals surface area contributed by atoms with Crippen LogP contribution in [-0.4, -0.2) is 79.3 Å². The summed E-state index contributed by atoms with van der Waals surface area (Å²) in [6.45, 7) is 2.33. The second-order valence-electron chi connectivity index (χ2n) is 13.8. The highest BCUT2D eigenvalue weighted by Gasteiger charge is 2.30. The van der Waals surface area contributed by atoms with Gasteiger partial charge in [-0.15, -0.1) is 0 Å². The van der Waals surface area contributed by atoms with Crippen LogP contribution >= 0.6 is 0 Å². The first-order valence-corrected chi connectivity index (χ1v) is 18.2. The number of methoxy groups -OCH3 is 1. The number of carbonyl (C=O) groups is 2. The van der Waals surface area contributed by atoms with Gasteiger partial charge in [0.05, 0.1) is 12.7 Å². The Morgan fingerprint density at radius 2 is 0.977 bits per heavy atom. The summed E-state index contributed by atoms with van der Waals surface area (Å²) in [5, 5.41) is 0. The fourth-order valence-electron chi connectivity index (χ4n) is 8.61. The molecular formula is C37H58N2O5. The molecule has 1 aromatic rings. The Bertz CT molecular complexity index is 987. The van der Waals surface area contributed by atoms with Gasteiger partial charge in [0.2, 0.25) is 0 Å². The van der Waals surface area contributed by atoms with Crippen LogP contribution in [0.3, 0.4) is 0 Å². The molecule has 0 bridgehead atoms. The lowest BCUT2D eigenvalue weighted by Gasteiger charge is -2.41. The Morgan fingerprint density at radius 1 is 0.591 bits per heavy atom. The van der Waals surface area contributed by atoms with Crippen LogP contribution in [0.4, 0.5) is 0 Å². The quantitative estimate of drug-likeness (QED) is 0.210. The molecule has 0 atom stereocenters. The van der Waals surface area contributed by atoms with E-state index < -0.39 is 5.97 Å². The van der Waals surface area contributed by atoms with Crippen molar-refractivity contribution >= 4 is 11.9 Å². The molecule has 0 aliphatic heterocycles. The van der Waals surface area contributed by atoms with Gasteiger partial charge in [0.15, 0.2) is 0 Å². The normalized spacial score (nSPS) is 21.4. The molecule has 0 spiro atoms. The summed E-state index contributed by atoms with van der Waals surface area (Å²) in [5.41, 5.74) is 0.757. The second kappa shape index (κ2) is 17.5. The predicted octanol–water partition coefficient (Wildman–Crippen LogP) is 7.94. The molecule has 7 nitrogen and oxygen atoms in total. The van der Waals surface area contributed by atoms with Crippen molar-refractivity contribution < 1.29 is 23.8 Å². The lowest BCUT2D eigenvalue weighted by atomic mass is 9.88. The van der Waals surface area contributed by atoms with Crippen molar-refractivity contribution in [2.24, 2.45) is 0 Å². The maximum absolute atomic E-state index is 13.1. The first-order chi connectivity index (χ1) is 21.6. The molecule has 0 aromatic heterocycles. The maximum Gasteiger partial charge on any atom is 0.341 e. The zero-order valence-corrected chi connectivity index (χ0v) is 27.4. The van der Waals surface area contributed by atoms with Gasteiger partial charge in [-0.2, -0.15) is 0 Å². The van der Waals surface area contributed by atoms with Crippen LogP contribution in [0.15, 0.2) is 18.2 Å². The van der Waals surface area contributed by atoms with Crippen LogP contribution in [0.1, 0.15) is 149 Å². The molecule has 4 fully saturated rings. The first-order valence-electron chi connectivity index (χ1n) is 18.2. The Balaban J connectivity index is 1.13. The van der Waals surface area contributed by atoms with E-state index in [4.69, 9.17) is 14.2 Å². The van der Waals surface area contributed by atoms with Crippen molar-refractivity contribution in [1.82, 2.24) is 9.80 Å². The van der Waals surface area contributed by atoms with E-state index >= 15 is 0 Å². The minimum Gasteiger partial charge on any atom is -0.496 e. The number of esters is 2. The smallest absolute Gasteiger partial charge is 0.341 e. The van der Waals surface area contributed by atoms with Crippen LogP contribution in [-0.2, 0) is 9.47 Å². The van der Waals surface area contributed by atoms with E-state index in [1.165, 1.54) is 136 Å². The molecule has 0 unspecified atom stereocenters. The van der Waals surface area contributed by atoms with Gasteiger partial charge in [0.1, 0.15) is 24.5 Å².